The van der Waals surface area contributed by atoms with Crippen molar-refractivity contribution in [3.05, 3.63) is 0 Å². The molecule has 4 atom stereocenters. The lowest BCUT2D eigenvalue weighted by Gasteiger charge is -2.42. The topological polar surface area (TPSA) is 81.8 Å². The van der Waals surface area contributed by atoms with Gasteiger partial charge in [-0.15, -0.1) is 0 Å². The number of piperidine rings is 2. The highest BCUT2D eigenvalue weighted by atomic mass is 32.2. The molecule has 2 saturated carbocycles. The van der Waals surface area contributed by atoms with Crippen molar-refractivity contribution in [3.63, 3.8) is 0 Å². The molecule has 2 aliphatic carbocycles. The van der Waals surface area contributed by atoms with Crippen LogP contribution in [0.1, 0.15) is 97.3 Å². The monoisotopic (exact) mass is 522 g/mol. The first-order valence-electron chi connectivity index (χ1n) is 15.1. The standard InChI is InChI=1S/C28H50N4O3S/c1-20-8-10-25(11-9-20)36(34,35)31-15-12-23(13-16-31)24-14-17-32-26(18-24)27(21(2)30-32)28(33)29-19-22-6-4-3-5-7-22/h20-27,30H,3-19H2,1-2H3,(H,29,33). The van der Waals surface area contributed by atoms with Crippen LogP contribution in [0, 0.1) is 29.6 Å². The molecule has 5 aliphatic rings. The van der Waals surface area contributed by atoms with Gasteiger partial charge in [0.05, 0.1) is 11.2 Å². The van der Waals surface area contributed by atoms with E-state index in [2.05, 4.69) is 29.6 Å². The van der Waals surface area contributed by atoms with Crippen LogP contribution in [0.4, 0.5) is 0 Å². The van der Waals surface area contributed by atoms with Crippen LogP contribution in [-0.2, 0) is 14.8 Å². The third-order valence-corrected chi connectivity index (χ3v) is 12.9. The van der Waals surface area contributed by atoms with Crippen molar-refractivity contribution in [1.82, 2.24) is 20.1 Å². The number of carbonyl (C=O) groups is 1. The van der Waals surface area contributed by atoms with Crippen LogP contribution in [0.2, 0.25) is 0 Å². The number of carbonyl (C=O) groups excluding carboxylic acids is 1. The molecule has 2 N–H and O–H groups in total. The number of nitrogens with zero attached hydrogens (tertiary/aromatic N) is 2. The molecule has 1 amide bonds. The third-order valence-electron chi connectivity index (χ3n) is 10.5. The molecule has 7 nitrogen and oxygen atoms in total. The molecule has 36 heavy (non-hydrogen) atoms. The van der Waals surface area contributed by atoms with Crippen molar-refractivity contribution >= 4 is 15.9 Å². The maximum absolute atomic E-state index is 13.3. The normalized spacial score (nSPS) is 38.1. The number of hydrazine groups is 1. The molecule has 0 bridgehead atoms. The second kappa shape index (κ2) is 11.6. The summed E-state index contributed by atoms with van der Waals surface area (Å²) in [5, 5.41) is 5.51. The minimum Gasteiger partial charge on any atom is -0.355 e. The number of nitrogens with one attached hydrogen (secondary N) is 2. The van der Waals surface area contributed by atoms with Gasteiger partial charge in [-0.2, -0.15) is 0 Å². The molecule has 3 heterocycles. The van der Waals surface area contributed by atoms with Crippen LogP contribution in [0.25, 0.3) is 0 Å². The van der Waals surface area contributed by atoms with E-state index < -0.39 is 10.0 Å². The number of fused-ring (bicyclic) bond motifs is 1. The molecule has 8 heteroatoms. The summed E-state index contributed by atoms with van der Waals surface area (Å²) in [5.74, 6) is 2.72. The number of hydrogen-bond acceptors (Lipinski definition) is 5. The summed E-state index contributed by atoms with van der Waals surface area (Å²) in [4.78, 5) is 13.3. The lowest BCUT2D eigenvalue weighted by molar-refractivity contribution is -0.126. The highest BCUT2D eigenvalue weighted by molar-refractivity contribution is 7.89. The molecular weight excluding hydrogens is 472 g/mol. The first-order chi connectivity index (χ1) is 17.3. The van der Waals surface area contributed by atoms with Gasteiger partial charge in [-0.1, -0.05) is 26.2 Å². The zero-order valence-electron chi connectivity index (χ0n) is 22.7. The molecule has 0 radical (unpaired) electrons. The molecule has 206 valence electrons. The van der Waals surface area contributed by atoms with E-state index >= 15 is 0 Å². The molecule has 0 aromatic carbocycles. The van der Waals surface area contributed by atoms with Crippen molar-refractivity contribution in [2.75, 3.05) is 26.2 Å². The lowest BCUT2D eigenvalue weighted by Crippen LogP contribution is -2.50. The molecule has 5 rings (SSSR count). The molecule has 0 aromatic heterocycles. The molecule has 5 fully saturated rings. The molecular formula is C28H50N4O3S. The summed E-state index contributed by atoms with van der Waals surface area (Å²) in [6.45, 7) is 7.60. The van der Waals surface area contributed by atoms with Gasteiger partial charge in [0.25, 0.3) is 0 Å². The second-order valence-electron chi connectivity index (χ2n) is 12.9. The SMILES string of the molecule is CC1CCC(S(=O)(=O)N2CCC(C3CCN4NC(C)C(C(=O)NCC5CCCCC5)C4C3)CC2)CC1. The average molecular weight is 523 g/mol. The average Bonchev–Trinajstić information content (AvgIpc) is 3.23. The largest absolute Gasteiger partial charge is 0.355 e. The Morgan fingerprint density at radius 3 is 2.22 bits per heavy atom. The van der Waals surface area contributed by atoms with Crippen molar-refractivity contribution in [1.29, 1.82) is 0 Å². The molecule has 0 aromatic rings. The molecule has 0 spiro atoms. The van der Waals surface area contributed by atoms with E-state index in [1.165, 1.54) is 32.1 Å². The Hall–Kier alpha value is -0.700. The number of hydrogen-bond donors (Lipinski definition) is 2. The predicted octanol–water partition coefficient (Wildman–Crippen LogP) is 3.91. The molecule has 4 unspecified atom stereocenters. The van der Waals surface area contributed by atoms with Crippen LogP contribution in [0.15, 0.2) is 0 Å². The van der Waals surface area contributed by atoms with Gasteiger partial charge in [0.1, 0.15) is 0 Å². The van der Waals surface area contributed by atoms with Gasteiger partial charge in [-0.25, -0.2) is 17.7 Å². The Morgan fingerprint density at radius 1 is 0.861 bits per heavy atom. The van der Waals surface area contributed by atoms with Crippen LogP contribution in [0.5, 0.6) is 0 Å². The van der Waals surface area contributed by atoms with E-state index in [4.69, 9.17) is 0 Å². The summed E-state index contributed by atoms with van der Waals surface area (Å²) >= 11 is 0. The van der Waals surface area contributed by atoms with Gasteiger partial charge >= 0.3 is 0 Å². The fourth-order valence-electron chi connectivity index (χ4n) is 8.13. The van der Waals surface area contributed by atoms with Gasteiger partial charge in [-0.05, 0) is 94.8 Å². The Bertz CT molecular complexity index is 845. The Morgan fingerprint density at radius 2 is 1.53 bits per heavy atom. The number of sulfonamides is 1. The minimum atomic E-state index is -3.16. The summed E-state index contributed by atoms with van der Waals surface area (Å²) < 4.78 is 28.4. The van der Waals surface area contributed by atoms with E-state index in [0.29, 0.717) is 36.8 Å². The first-order valence-corrected chi connectivity index (χ1v) is 16.6. The van der Waals surface area contributed by atoms with Gasteiger partial charge in [0.2, 0.25) is 15.9 Å². The highest BCUT2D eigenvalue weighted by Crippen LogP contribution is 2.40. The third kappa shape index (κ3) is 5.81. The highest BCUT2D eigenvalue weighted by Gasteiger charge is 2.48. The quantitative estimate of drug-likeness (QED) is 0.553. The fourth-order valence-corrected chi connectivity index (χ4v) is 10.1. The Kier molecular flexibility index (Phi) is 8.65. The van der Waals surface area contributed by atoms with Crippen LogP contribution >= 0.6 is 0 Å². The van der Waals surface area contributed by atoms with E-state index in [1.54, 1.807) is 0 Å². The first kappa shape index (κ1) is 26.9. The predicted molar refractivity (Wildman–Crippen MR) is 144 cm³/mol. The lowest BCUT2D eigenvalue weighted by atomic mass is 9.74. The van der Waals surface area contributed by atoms with Crippen molar-refractivity contribution in [3.8, 4) is 0 Å². The van der Waals surface area contributed by atoms with Crippen molar-refractivity contribution in [2.24, 2.45) is 29.6 Å². The van der Waals surface area contributed by atoms with Crippen molar-refractivity contribution in [2.45, 2.75) is 115 Å². The van der Waals surface area contributed by atoms with Crippen LogP contribution < -0.4 is 10.7 Å². The Balaban J connectivity index is 1.14. The minimum absolute atomic E-state index is 0.00514. The van der Waals surface area contributed by atoms with Gasteiger partial charge in [0.15, 0.2) is 0 Å². The van der Waals surface area contributed by atoms with Crippen molar-refractivity contribution < 1.29 is 13.2 Å². The Labute approximate surface area is 219 Å². The summed E-state index contributed by atoms with van der Waals surface area (Å²) in [5.41, 5.74) is 3.60. The van der Waals surface area contributed by atoms with E-state index in [-0.39, 0.29) is 29.2 Å². The second-order valence-corrected chi connectivity index (χ2v) is 15.1. The van der Waals surface area contributed by atoms with Crippen LogP contribution in [0.3, 0.4) is 0 Å². The maximum Gasteiger partial charge on any atom is 0.226 e. The maximum atomic E-state index is 13.3. The number of amides is 1. The van der Waals surface area contributed by atoms with Crippen LogP contribution in [-0.4, -0.2) is 67.2 Å². The van der Waals surface area contributed by atoms with E-state index in [9.17, 15) is 13.2 Å². The van der Waals surface area contributed by atoms with Gasteiger partial charge in [-0.3, -0.25) is 10.2 Å². The number of rotatable bonds is 6. The summed E-state index contributed by atoms with van der Waals surface area (Å²) in [7, 11) is -3.16. The van der Waals surface area contributed by atoms with Gasteiger partial charge in [0, 0.05) is 38.3 Å². The molecule has 3 saturated heterocycles. The van der Waals surface area contributed by atoms with Gasteiger partial charge < -0.3 is 5.32 Å². The summed E-state index contributed by atoms with van der Waals surface area (Å²) in [6, 6.07) is 0.432. The van der Waals surface area contributed by atoms with E-state index in [1.807, 2.05) is 4.31 Å². The van der Waals surface area contributed by atoms with E-state index in [0.717, 1.165) is 64.5 Å². The zero-order valence-corrected chi connectivity index (χ0v) is 23.5. The smallest absolute Gasteiger partial charge is 0.226 e. The summed E-state index contributed by atoms with van der Waals surface area (Å²) in [6.07, 6.45) is 14.4. The zero-order chi connectivity index (χ0) is 25.3. The fraction of sp³-hybridized carbons (Fsp3) is 0.964. The molecule has 3 aliphatic heterocycles.